The number of ether oxygens (including phenoxy) is 2. The Balaban J connectivity index is 1.76. The highest BCUT2D eigenvalue weighted by Crippen LogP contribution is 2.42. The predicted octanol–water partition coefficient (Wildman–Crippen LogP) is 7.43. The van der Waals surface area contributed by atoms with Crippen LogP contribution in [0.3, 0.4) is 0 Å². The molecule has 46 heavy (non-hydrogen) atoms. The number of rotatable bonds is 10. The summed E-state index contributed by atoms with van der Waals surface area (Å²) in [5.41, 5.74) is -1.74. The maximum atomic E-state index is 13.5. The number of halogens is 6. The molecular formula is C31H32F6N4O5. The number of methoxy groups -OCH3 is 1. The summed E-state index contributed by atoms with van der Waals surface area (Å²) in [6, 6.07) is 5.61. The second kappa shape index (κ2) is 13.8. The number of carboxylic acids is 1. The number of fused-ring (bicyclic) bond motifs is 1. The van der Waals surface area contributed by atoms with Crippen LogP contribution in [0, 0.1) is 0 Å². The molecule has 15 heteroatoms. The third kappa shape index (κ3) is 7.98. The SMILES string of the molecule is CCOC(=O)N1c2ccc(OC)cc2[C@@H](Nc2ncc(CCC(=O)O)c(Cc3cc(C(F)(F)F)cc(C(F)(F)F)c3)n2)C[C@H]1CC. The number of benzene rings is 2. The topological polar surface area (TPSA) is 114 Å². The molecule has 4 rings (SSSR count). The van der Waals surface area contributed by atoms with Crippen molar-refractivity contribution in [1.29, 1.82) is 0 Å². The Morgan fingerprint density at radius 1 is 1.04 bits per heavy atom. The van der Waals surface area contributed by atoms with Crippen LogP contribution < -0.4 is 15.0 Å². The summed E-state index contributed by atoms with van der Waals surface area (Å²) >= 11 is 0. The fourth-order valence-corrected chi connectivity index (χ4v) is 5.37. The summed E-state index contributed by atoms with van der Waals surface area (Å²) in [7, 11) is 1.48. The average Bonchev–Trinajstić information content (AvgIpc) is 2.99. The number of nitrogens with zero attached hydrogens (tertiary/aromatic N) is 3. The lowest BCUT2D eigenvalue weighted by Gasteiger charge is -2.40. The van der Waals surface area contributed by atoms with Gasteiger partial charge < -0.3 is 19.9 Å². The van der Waals surface area contributed by atoms with Gasteiger partial charge in [-0.15, -0.1) is 0 Å². The van der Waals surface area contributed by atoms with E-state index in [0.29, 0.717) is 42.0 Å². The summed E-state index contributed by atoms with van der Waals surface area (Å²) < 4.78 is 91.9. The van der Waals surface area contributed by atoms with Crippen LogP contribution in [-0.4, -0.2) is 46.9 Å². The number of carboxylic acid groups (broad SMARTS) is 1. The van der Waals surface area contributed by atoms with E-state index in [9.17, 15) is 41.0 Å². The van der Waals surface area contributed by atoms with E-state index < -0.39 is 48.0 Å². The summed E-state index contributed by atoms with van der Waals surface area (Å²) in [5.74, 6) is -0.647. The first-order chi connectivity index (χ1) is 21.6. The number of anilines is 2. The molecule has 2 N–H and O–H groups in total. The van der Waals surface area contributed by atoms with Crippen molar-refractivity contribution in [2.24, 2.45) is 0 Å². The summed E-state index contributed by atoms with van der Waals surface area (Å²) in [6.07, 6.45) is -9.29. The third-order valence-corrected chi connectivity index (χ3v) is 7.56. The normalized spacial score (nSPS) is 16.5. The Morgan fingerprint density at radius 3 is 2.28 bits per heavy atom. The van der Waals surface area contributed by atoms with Crippen molar-refractivity contribution >= 4 is 23.7 Å². The maximum Gasteiger partial charge on any atom is 0.416 e. The summed E-state index contributed by atoms with van der Waals surface area (Å²) in [4.78, 5) is 34.5. The molecule has 2 atom stereocenters. The first-order valence-corrected chi connectivity index (χ1v) is 14.4. The Kier molecular flexibility index (Phi) is 10.3. The molecule has 1 amide bonds. The van der Waals surface area contributed by atoms with Gasteiger partial charge in [-0.25, -0.2) is 14.8 Å². The van der Waals surface area contributed by atoms with Crippen LogP contribution in [0.1, 0.15) is 72.7 Å². The molecule has 0 unspecified atom stereocenters. The number of aromatic nitrogens is 2. The van der Waals surface area contributed by atoms with E-state index >= 15 is 0 Å². The smallest absolute Gasteiger partial charge is 0.416 e. The van der Waals surface area contributed by atoms with Crippen LogP contribution in [0.2, 0.25) is 0 Å². The molecule has 1 aliphatic rings. The van der Waals surface area contributed by atoms with Gasteiger partial charge in [0, 0.05) is 30.6 Å². The lowest BCUT2D eigenvalue weighted by atomic mass is 9.90. The number of aliphatic carboxylic acids is 1. The van der Waals surface area contributed by atoms with Crippen molar-refractivity contribution < 1.29 is 50.5 Å². The van der Waals surface area contributed by atoms with Gasteiger partial charge >= 0.3 is 24.4 Å². The number of carbonyl (C=O) groups excluding carboxylic acids is 1. The van der Waals surface area contributed by atoms with Crippen molar-refractivity contribution in [3.63, 3.8) is 0 Å². The molecule has 3 aromatic rings. The zero-order chi connectivity index (χ0) is 33.8. The second-order valence-electron chi connectivity index (χ2n) is 10.6. The van der Waals surface area contributed by atoms with Gasteiger partial charge in [0.1, 0.15) is 5.75 Å². The Morgan fingerprint density at radius 2 is 1.72 bits per heavy atom. The van der Waals surface area contributed by atoms with Crippen LogP contribution in [0.4, 0.5) is 42.8 Å². The highest BCUT2D eigenvalue weighted by atomic mass is 19.4. The molecule has 0 saturated carbocycles. The highest BCUT2D eigenvalue weighted by molar-refractivity contribution is 5.90. The Bertz CT molecular complexity index is 1550. The molecule has 248 valence electrons. The molecule has 0 fully saturated rings. The van der Waals surface area contributed by atoms with Gasteiger partial charge in [0.25, 0.3) is 0 Å². The Labute approximate surface area is 260 Å². The van der Waals surface area contributed by atoms with E-state index in [2.05, 4.69) is 15.3 Å². The van der Waals surface area contributed by atoms with Crippen LogP contribution in [0.15, 0.2) is 42.6 Å². The quantitative estimate of drug-likeness (QED) is 0.217. The Hall–Kier alpha value is -4.56. The molecule has 0 aliphatic carbocycles. The van der Waals surface area contributed by atoms with Gasteiger partial charge in [-0.05, 0) is 73.7 Å². The van der Waals surface area contributed by atoms with E-state index in [1.807, 2.05) is 6.92 Å². The van der Waals surface area contributed by atoms with Crippen LogP contribution in [0.5, 0.6) is 5.75 Å². The lowest BCUT2D eigenvalue weighted by Crippen LogP contribution is -2.46. The molecule has 0 radical (unpaired) electrons. The fourth-order valence-electron chi connectivity index (χ4n) is 5.37. The molecule has 2 aromatic carbocycles. The van der Waals surface area contributed by atoms with Gasteiger partial charge in [-0.2, -0.15) is 26.3 Å². The molecule has 0 bridgehead atoms. The van der Waals surface area contributed by atoms with Crippen molar-refractivity contribution in [3.05, 3.63) is 76.1 Å². The van der Waals surface area contributed by atoms with E-state index in [4.69, 9.17) is 9.47 Å². The van der Waals surface area contributed by atoms with Gasteiger partial charge in [-0.3, -0.25) is 9.69 Å². The lowest BCUT2D eigenvalue weighted by molar-refractivity contribution is -0.143. The highest BCUT2D eigenvalue weighted by Gasteiger charge is 2.38. The van der Waals surface area contributed by atoms with E-state index in [-0.39, 0.29) is 54.3 Å². The molecule has 9 nitrogen and oxygen atoms in total. The van der Waals surface area contributed by atoms with E-state index in [1.165, 1.54) is 13.3 Å². The first-order valence-electron chi connectivity index (χ1n) is 14.4. The molecule has 0 saturated heterocycles. The summed E-state index contributed by atoms with van der Waals surface area (Å²) in [6.45, 7) is 3.76. The predicted molar refractivity (Wildman–Crippen MR) is 155 cm³/mol. The number of aryl methyl sites for hydroxylation is 1. The minimum absolute atomic E-state index is 0.00954. The van der Waals surface area contributed by atoms with Crippen LogP contribution >= 0.6 is 0 Å². The monoisotopic (exact) mass is 654 g/mol. The number of amides is 1. The van der Waals surface area contributed by atoms with Gasteiger partial charge in [-0.1, -0.05) is 6.92 Å². The zero-order valence-electron chi connectivity index (χ0n) is 25.1. The van der Waals surface area contributed by atoms with Crippen LogP contribution in [0.25, 0.3) is 0 Å². The standard InChI is InChI=1S/C31H32F6N4O5/c1-4-21-14-25(23-15-22(45-3)7-8-26(23)41(21)29(44)46-5-2)40-28-38-16-18(6-9-27(42)43)24(39-28)12-17-10-19(30(32,33)34)13-20(11-17)31(35,36)37/h7-8,10-11,13,15-16,21,25H,4-6,9,12,14H2,1-3H3,(H,42,43)(H,38,39,40)/t21-,25+/m1/s1. The van der Waals surface area contributed by atoms with Gasteiger partial charge in [0.15, 0.2) is 0 Å². The molecular weight excluding hydrogens is 622 g/mol. The summed E-state index contributed by atoms with van der Waals surface area (Å²) in [5, 5.41) is 12.4. The molecule has 1 aromatic heterocycles. The van der Waals surface area contributed by atoms with Crippen molar-refractivity contribution in [1.82, 2.24) is 9.97 Å². The second-order valence-corrected chi connectivity index (χ2v) is 10.6. The third-order valence-electron chi connectivity index (χ3n) is 7.56. The van der Waals surface area contributed by atoms with Gasteiger partial charge in [0.05, 0.1) is 42.3 Å². The maximum absolute atomic E-state index is 13.5. The number of hydrogen-bond acceptors (Lipinski definition) is 7. The van der Waals surface area contributed by atoms with E-state index in [1.54, 1.807) is 30.0 Å². The number of hydrogen-bond donors (Lipinski definition) is 2. The number of nitrogens with one attached hydrogen (secondary N) is 1. The zero-order valence-corrected chi connectivity index (χ0v) is 25.1. The molecule has 2 heterocycles. The first kappa shape index (κ1) is 34.3. The van der Waals surface area contributed by atoms with Crippen molar-refractivity contribution in [2.45, 2.75) is 70.4 Å². The largest absolute Gasteiger partial charge is 0.497 e. The van der Waals surface area contributed by atoms with E-state index in [0.717, 1.165) is 0 Å². The van der Waals surface area contributed by atoms with Crippen molar-refractivity contribution in [2.75, 3.05) is 23.9 Å². The van der Waals surface area contributed by atoms with Crippen molar-refractivity contribution in [3.8, 4) is 5.75 Å². The van der Waals surface area contributed by atoms with Gasteiger partial charge in [0.2, 0.25) is 5.95 Å². The average molecular weight is 655 g/mol. The molecule has 0 spiro atoms. The van der Waals surface area contributed by atoms with Crippen LogP contribution in [-0.2, 0) is 34.7 Å². The number of carbonyl (C=O) groups is 2. The molecule has 1 aliphatic heterocycles. The fraction of sp³-hybridized carbons (Fsp3) is 0.419. The minimum Gasteiger partial charge on any atom is -0.497 e. The minimum atomic E-state index is -5.04. The number of alkyl halides is 6.